The van der Waals surface area contributed by atoms with Crippen LogP contribution < -0.4 is 5.73 Å². The van der Waals surface area contributed by atoms with Gasteiger partial charge in [-0.05, 0) is 25.3 Å². The molecule has 0 saturated carbocycles. The molecule has 0 fully saturated rings. The summed E-state index contributed by atoms with van der Waals surface area (Å²) in [6.07, 6.45) is 2.89. The van der Waals surface area contributed by atoms with E-state index in [-0.39, 0.29) is 6.04 Å². The Bertz CT molecular complexity index is 585. The Labute approximate surface area is 120 Å². The SMILES string of the molecule is Cc1ccc(CCc2nc3n(n2)CC(N)CC3C)cc1. The molecule has 2 heterocycles. The number of aryl methyl sites for hydroxylation is 3. The number of aromatic nitrogens is 3. The van der Waals surface area contributed by atoms with E-state index in [4.69, 9.17) is 10.7 Å². The second-order valence-corrected chi connectivity index (χ2v) is 5.95. The first-order valence-electron chi connectivity index (χ1n) is 7.36. The molecule has 2 unspecified atom stereocenters. The van der Waals surface area contributed by atoms with Crippen LogP contribution >= 0.6 is 0 Å². The largest absolute Gasteiger partial charge is 0.326 e. The van der Waals surface area contributed by atoms with Crippen LogP contribution in [0.4, 0.5) is 0 Å². The molecule has 1 aromatic heterocycles. The highest BCUT2D eigenvalue weighted by molar-refractivity contribution is 5.21. The lowest BCUT2D eigenvalue weighted by Crippen LogP contribution is -2.34. The van der Waals surface area contributed by atoms with Gasteiger partial charge in [0.25, 0.3) is 0 Å². The topological polar surface area (TPSA) is 56.7 Å². The summed E-state index contributed by atoms with van der Waals surface area (Å²) in [5, 5.41) is 4.61. The highest BCUT2D eigenvalue weighted by Crippen LogP contribution is 2.24. The van der Waals surface area contributed by atoms with Crippen molar-refractivity contribution in [1.29, 1.82) is 0 Å². The number of benzene rings is 1. The van der Waals surface area contributed by atoms with Crippen LogP contribution in [0.25, 0.3) is 0 Å². The summed E-state index contributed by atoms with van der Waals surface area (Å²) >= 11 is 0. The Balaban J connectivity index is 1.70. The third-order valence-corrected chi connectivity index (χ3v) is 4.01. The van der Waals surface area contributed by atoms with Gasteiger partial charge in [0.15, 0.2) is 5.82 Å². The van der Waals surface area contributed by atoms with Crippen LogP contribution in [0.15, 0.2) is 24.3 Å². The van der Waals surface area contributed by atoms with E-state index < -0.39 is 0 Å². The maximum atomic E-state index is 6.04. The Morgan fingerprint density at radius 3 is 2.75 bits per heavy atom. The van der Waals surface area contributed by atoms with Crippen LogP contribution in [0.5, 0.6) is 0 Å². The van der Waals surface area contributed by atoms with Crippen LogP contribution in [0.1, 0.15) is 42.0 Å². The van der Waals surface area contributed by atoms with Gasteiger partial charge in [-0.3, -0.25) is 0 Å². The van der Waals surface area contributed by atoms with Crippen LogP contribution in [-0.4, -0.2) is 20.8 Å². The molecule has 0 aliphatic carbocycles. The number of nitrogens with two attached hydrogens (primary N) is 1. The minimum Gasteiger partial charge on any atom is -0.326 e. The molecule has 1 aliphatic rings. The first kappa shape index (κ1) is 13.3. The molecule has 0 radical (unpaired) electrons. The summed E-state index contributed by atoms with van der Waals surface area (Å²) in [7, 11) is 0. The molecule has 3 rings (SSSR count). The van der Waals surface area contributed by atoms with Crippen LogP contribution in [0.2, 0.25) is 0 Å². The van der Waals surface area contributed by atoms with Crippen molar-refractivity contribution >= 4 is 0 Å². The summed E-state index contributed by atoms with van der Waals surface area (Å²) in [4.78, 5) is 4.70. The van der Waals surface area contributed by atoms with Gasteiger partial charge in [0.2, 0.25) is 0 Å². The zero-order valence-electron chi connectivity index (χ0n) is 12.2. The van der Waals surface area contributed by atoms with E-state index in [1.54, 1.807) is 0 Å². The van der Waals surface area contributed by atoms with Crippen molar-refractivity contribution in [2.45, 2.75) is 51.6 Å². The standard InChI is InChI=1S/C16H22N4/c1-11-3-5-13(6-4-11)7-8-15-18-16-12(2)9-14(17)10-20(16)19-15/h3-6,12,14H,7-10,17H2,1-2H3. The molecule has 0 saturated heterocycles. The highest BCUT2D eigenvalue weighted by Gasteiger charge is 2.24. The Morgan fingerprint density at radius 2 is 2.00 bits per heavy atom. The second-order valence-electron chi connectivity index (χ2n) is 5.95. The lowest BCUT2D eigenvalue weighted by molar-refractivity contribution is 0.381. The van der Waals surface area contributed by atoms with Crippen molar-refractivity contribution in [3.8, 4) is 0 Å². The Kier molecular flexibility index (Phi) is 3.57. The van der Waals surface area contributed by atoms with E-state index in [0.717, 1.165) is 37.5 Å². The van der Waals surface area contributed by atoms with Gasteiger partial charge >= 0.3 is 0 Å². The van der Waals surface area contributed by atoms with E-state index in [0.29, 0.717) is 5.92 Å². The summed E-state index contributed by atoms with van der Waals surface area (Å²) in [6.45, 7) is 5.10. The van der Waals surface area contributed by atoms with E-state index in [1.807, 2.05) is 4.68 Å². The van der Waals surface area contributed by atoms with E-state index in [2.05, 4.69) is 43.2 Å². The molecule has 0 amide bonds. The molecular formula is C16H22N4. The Hall–Kier alpha value is -1.68. The molecule has 1 aliphatic heterocycles. The lowest BCUT2D eigenvalue weighted by Gasteiger charge is -2.23. The molecule has 4 heteroatoms. The van der Waals surface area contributed by atoms with Crippen LogP contribution in [0.3, 0.4) is 0 Å². The molecule has 106 valence electrons. The van der Waals surface area contributed by atoms with E-state index >= 15 is 0 Å². The number of nitrogens with zero attached hydrogens (tertiary/aromatic N) is 3. The average molecular weight is 270 g/mol. The first-order chi connectivity index (χ1) is 9.61. The molecule has 0 spiro atoms. The Morgan fingerprint density at radius 1 is 1.25 bits per heavy atom. The molecule has 20 heavy (non-hydrogen) atoms. The average Bonchev–Trinajstić information content (AvgIpc) is 2.81. The van der Waals surface area contributed by atoms with Gasteiger partial charge in [0, 0.05) is 18.4 Å². The van der Waals surface area contributed by atoms with Gasteiger partial charge in [-0.25, -0.2) is 9.67 Å². The van der Waals surface area contributed by atoms with Gasteiger partial charge < -0.3 is 5.73 Å². The minimum atomic E-state index is 0.212. The zero-order valence-corrected chi connectivity index (χ0v) is 12.2. The molecule has 4 nitrogen and oxygen atoms in total. The fraction of sp³-hybridized carbons (Fsp3) is 0.500. The monoisotopic (exact) mass is 270 g/mol. The fourth-order valence-electron chi connectivity index (χ4n) is 2.87. The summed E-state index contributed by atoms with van der Waals surface area (Å²) in [5.74, 6) is 2.46. The predicted octanol–water partition coefficient (Wildman–Crippen LogP) is 2.21. The van der Waals surface area contributed by atoms with Crippen molar-refractivity contribution in [1.82, 2.24) is 14.8 Å². The maximum absolute atomic E-state index is 6.04. The summed E-state index contributed by atoms with van der Waals surface area (Å²) in [6, 6.07) is 8.89. The predicted molar refractivity (Wildman–Crippen MR) is 79.6 cm³/mol. The fourth-order valence-corrected chi connectivity index (χ4v) is 2.87. The maximum Gasteiger partial charge on any atom is 0.151 e. The normalized spacial score (nSPS) is 21.8. The number of fused-ring (bicyclic) bond motifs is 1. The quantitative estimate of drug-likeness (QED) is 0.930. The first-order valence-corrected chi connectivity index (χ1v) is 7.36. The minimum absolute atomic E-state index is 0.212. The summed E-state index contributed by atoms with van der Waals surface area (Å²) in [5.41, 5.74) is 8.68. The van der Waals surface area contributed by atoms with Gasteiger partial charge in [0.05, 0.1) is 6.54 Å². The van der Waals surface area contributed by atoms with Gasteiger partial charge in [-0.1, -0.05) is 36.8 Å². The van der Waals surface area contributed by atoms with Gasteiger partial charge in [-0.15, -0.1) is 0 Å². The highest BCUT2D eigenvalue weighted by atomic mass is 15.4. The van der Waals surface area contributed by atoms with Crippen molar-refractivity contribution in [2.24, 2.45) is 5.73 Å². The molecular weight excluding hydrogens is 248 g/mol. The number of hydrogen-bond acceptors (Lipinski definition) is 3. The summed E-state index contributed by atoms with van der Waals surface area (Å²) < 4.78 is 2.00. The van der Waals surface area contributed by atoms with Crippen LogP contribution in [-0.2, 0) is 19.4 Å². The third kappa shape index (κ3) is 2.75. The number of rotatable bonds is 3. The lowest BCUT2D eigenvalue weighted by atomic mass is 9.98. The molecule has 1 aromatic carbocycles. The van der Waals surface area contributed by atoms with Gasteiger partial charge in [-0.2, -0.15) is 5.10 Å². The molecule has 2 aromatic rings. The molecule has 0 bridgehead atoms. The van der Waals surface area contributed by atoms with Crippen molar-refractivity contribution < 1.29 is 0 Å². The third-order valence-electron chi connectivity index (χ3n) is 4.01. The van der Waals surface area contributed by atoms with Gasteiger partial charge in [0.1, 0.15) is 5.82 Å². The zero-order chi connectivity index (χ0) is 14.1. The van der Waals surface area contributed by atoms with Crippen LogP contribution in [0, 0.1) is 6.92 Å². The van der Waals surface area contributed by atoms with E-state index in [1.165, 1.54) is 11.1 Å². The van der Waals surface area contributed by atoms with Crippen molar-refractivity contribution in [3.05, 3.63) is 47.0 Å². The molecule has 2 N–H and O–H groups in total. The second kappa shape index (κ2) is 5.37. The van der Waals surface area contributed by atoms with Crippen molar-refractivity contribution in [3.63, 3.8) is 0 Å². The van der Waals surface area contributed by atoms with Crippen molar-refractivity contribution in [2.75, 3.05) is 0 Å². The van der Waals surface area contributed by atoms with E-state index in [9.17, 15) is 0 Å². The molecule has 2 atom stereocenters. The smallest absolute Gasteiger partial charge is 0.151 e. The number of hydrogen-bond donors (Lipinski definition) is 1.